The maximum Gasteiger partial charge on any atom is 0.231 e. The Morgan fingerprint density at radius 3 is 2.67 bits per heavy atom. The van der Waals surface area contributed by atoms with Gasteiger partial charge in [0.05, 0.1) is 12.2 Å². The normalized spacial score (nSPS) is 33.2. The summed E-state index contributed by atoms with van der Waals surface area (Å²) in [6, 6.07) is 6.08. The van der Waals surface area contributed by atoms with E-state index < -0.39 is 0 Å². The standard InChI is InChI=1S/C18H23N3O3/c1-19-18(20-7-11-2-3-16-17(6-11)23-10-22-16)21-8-12-13(9-21)15-5-4-14(12)24-15/h2-3,6,12-15H,4-5,7-10H2,1H3,(H,19,20). The van der Waals surface area contributed by atoms with E-state index in [1.165, 1.54) is 18.4 Å². The van der Waals surface area contributed by atoms with Crippen molar-refractivity contribution in [3.8, 4) is 11.5 Å². The van der Waals surface area contributed by atoms with E-state index in [4.69, 9.17) is 14.2 Å². The third kappa shape index (κ3) is 2.24. The van der Waals surface area contributed by atoms with E-state index in [2.05, 4.69) is 21.3 Å². The van der Waals surface area contributed by atoms with Gasteiger partial charge < -0.3 is 24.4 Å². The molecule has 3 fully saturated rings. The third-order valence-corrected chi connectivity index (χ3v) is 5.85. The van der Waals surface area contributed by atoms with Gasteiger partial charge in [0.1, 0.15) is 0 Å². The lowest BCUT2D eigenvalue weighted by atomic mass is 9.82. The van der Waals surface area contributed by atoms with Crippen LogP contribution in [0.5, 0.6) is 11.5 Å². The first-order valence-corrected chi connectivity index (χ1v) is 8.81. The Morgan fingerprint density at radius 1 is 1.17 bits per heavy atom. The van der Waals surface area contributed by atoms with Gasteiger partial charge in [0.25, 0.3) is 0 Å². The number of aliphatic imine (C=N–C) groups is 1. The molecular weight excluding hydrogens is 306 g/mol. The highest BCUT2D eigenvalue weighted by Crippen LogP contribution is 2.47. The van der Waals surface area contributed by atoms with Crippen molar-refractivity contribution in [2.45, 2.75) is 31.6 Å². The predicted molar refractivity (Wildman–Crippen MR) is 89.2 cm³/mol. The predicted octanol–water partition coefficient (Wildman–Crippen LogP) is 1.60. The fraction of sp³-hybridized carbons (Fsp3) is 0.611. The fourth-order valence-electron chi connectivity index (χ4n) is 4.70. The van der Waals surface area contributed by atoms with E-state index in [1.807, 2.05) is 19.2 Å². The molecule has 1 N–H and O–H groups in total. The molecule has 4 heterocycles. The van der Waals surface area contributed by atoms with E-state index in [0.717, 1.165) is 37.1 Å². The minimum Gasteiger partial charge on any atom is -0.454 e. The number of benzene rings is 1. The van der Waals surface area contributed by atoms with Crippen LogP contribution in [-0.4, -0.2) is 50.0 Å². The molecule has 1 aromatic carbocycles. The van der Waals surface area contributed by atoms with E-state index in [0.29, 0.717) is 30.8 Å². The second kappa shape index (κ2) is 5.55. The monoisotopic (exact) mass is 329 g/mol. The van der Waals surface area contributed by atoms with E-state index in [1.54, 1.807) is 0 Å². The first kappa shape index (κ1) is 14.4. The smallest absolute Gasteiger partial charge is 0.231 e. The number of fused-ring (bicyclic) bond motifs is 6. The molecule has 2 bridgehead atoms. The van der Waals surface area contributed by atoms with Crippen molar-refractivity contribution >= 4 is 5.96 Å². The number of nitrogens with zero attached hydrogens (tertiary/aromatic N) is 2. The number of guanidine groups is 1. The lowest BCUT2D eigenvalue weighted by Gasteiger charge is -2.23. The van der Waals surface area contributed by atoms with Crippen LogP contribution in [0.4, 0.5) is 0 Å². The lowest BCUT2D eigenvalue weighted by Crippen LogP contribution is -2.40. The van der Waals surface area contributed by atoms with Crippen LogP contribution in [0.1, 0.15) is 18.4 Å². The summed E-state index contributed by atoms with van der Waals surface area (Å²) in [6.07, 6.45) is 3.44. The fourth-order valence-corrected chi connectivity index (χ4v) is 4.70. The van der Waals surface area contributed by atoms with Crippen molar-refractivity contribution in [2.24, 2.45) is 16.8 Å². The van der Waals surface area contributed by atoms with Crippen molar-refractivity contribution in [3.63, 3.8) is 0 Å². The quantitative estimate of drug-likeness (QED) is 0.660. The van der Waals surface area contributed by atoms with Gasteiger partial charge in [0.2, 0.25) is 6.79 Å². The second-order valence-electron chi connectivity index (χ2n) is 7.11. The second-order valence-corrected chi connectivity index (χ2v) is 7.11. The van der Waals surface area contributed by atoms with Gasteiger partial charge in [-0.2, -0.15) is 0 Å². The summed E-state index contributed by atoms with van der Waals surface area (Å²) in [5.41, 5.74) is 1.17. The van der Waals surface area contributed by atoms with Gasteiger partial charge in [-0.3, -0.25) is 4.99 Å². The average molecular weight is 329 g/mol. The van der Waals surface area contributed by atoms with Crippen molar-refractivity contribution < 1.29 is 14.2 Å². The molecule has 4 aliphatic heterocycles. The van der Waals surface area contributed by atoms with Gasteiger partial charge in [-0.1, -0.05) is 6.07 Å². The van der Waals surface area contributed by atoms with Crippen LogP contribution in [-0.2, 0) is 11.3 Å². The van der Waals surface area contributed by atoms with Gasteiger partial charge >= 0.3 is 0 Å². The Morgan fingerprint density at radius 2 is 1.92 bits per heavy atom. The molecule has 6 heteroatoms. The topological polar surface area (TPSA) is 55.3 Å². The molecule has 4 atom stereocenters. The molecule has 4 aliphatic rings. The average Bonchev–Trinajstić information content (AvgIpc) is 3.35. The molecule has 128 valence electrons. The molecule has 0 aliphatic carbocycles. The Kier molecular flexibility index (Phi) is 3.33. The van der Waals surface area contributed by atoms with Crippen molar-refractivity contribution in [1.29, 1.82) is 0 Å². The molecule has 24 heavy (non-hydrogen) atoms. The summed E-state index contributed by atoms with van der Waals surface area (Å²) >= 11 is 0. The maximum atomic E-state index is 6.06. The van der Waals surface area contributed by atoms with Crippen LogP contribution >= 0.6 is 0 Å². The number of nitrogens with one attached hydrogen (secondary N) is 1. The number of hydrogen-bond acceptors (Lipinski definition) is 4. The summed E-state index contributed by atoms with van der Waals surface area (Å²) in [7, 11) is 1.86. The summed E-state index contributed by atoms with van der Waals surface area (Å²) < 4.78 is 16.9. The van der Waals surface area contributed by atoms with Crippen molar-refractivity contribution in [2.75, 3.05) is 26.9 Å². The molecule has 0 amide bonds. The summed E-state index contributed by atoms with van der Waals surface area (Å²) in [5, 5.41) is 3.50. The van der Waals surface area contributed by atoms with Crippen molar-refractivity contribution in [1.82, 2.24) is 10.2 Å². The van der Waals surface area contributed by atoms with Crippen LogP contribution in [0.3, 0.4) is 0 Å². The Balaban J connectivity index is 1.24. The van der Waals surface area contributed by atoms with Crippen LogP contribution in [0.25, 0.3) is 0 Å². The van der Waals surface area contributed by atoms with Crippen LogP contribution in [0.15, 0.2) is 23.2 Å². The number of hydrogen-bond donors (Lipinski definition) is 1. The molecule has 0 aromatic heterocycles. The minimum absolute atomic E-state index is 0.314. The zero-order valence-corrected chi connectivity index (χ0v) is 13.9. The first-order valence-electron chi connectivity index (χ1n) is 8.81. The van der Waals surface area contributed by atoms with Crippen LogP contribution in [0.2, 0.25) is 0 Å². The molecule has 0 spiro atoms. The molecule has 6 nitrogen and oxygen atoms in total. The van der Waals surface area contributed by atoms with Crippen LogP contribution < -0.4 is 14.8 Å². The zero-order chi connectivity index (χ0) is 16.1. The molecule has 5 rings (SSSR count). The molecule has 0 saturated carbocycles. The number of likely N-dealkylation sites (tertiary alicyclic amines) is 1. The highest BCUT2D eigenvalue weighted by Gasteiger charge is 2.53. The highest BCUT2D eigenvalue weighted by atomic mass is 16.7. The van der Waals surface area contributed by atoms with E-state index >= 15 is 0 Å². The first-order chi connectivity index (χ1) is 11.8. The zero-order valence-electron chi connectivity index (χ0n) is 13.9. The van der Waals surface area contributed by atoms with Gasteiger partial charge in [0.15, 0.2) is 17.5 Å². The Hall–Kier alpha value is -1.95. The van der Waals surface area contributed by atoms with E-state index in [-0.39, 0.29) is 0 Å². The van der Waals surface area contributed by atoms with Crippen molar-refractivity contribution in [3.05, 3.63) is 23.8 Å². The SMILES string of the molecule is CN=C(NCc1ccc2c(c1)OCO2)N1CC2C3CCC(O3)C2C1. The van der Waals surface area contributed by atoms with Gasteiger partial charge in [-0.25, -0.2) is 0 Å². The highest BCUT2D eigenvalue weighted by molar-refractivity contribution is 5.80. The number of rotatable bonds is 2. The minimum atomic E-state index is 0.314. The molecule has 3 saturated heterocycles. The maximum absolute atomic E-state index is 6.06. The number of ether oxygens (including phenoxy) is 3. The summed E-state index contributed by atoms with van der Waals surface area (Å²) in [5.74, 6) is 4.02. The van der Waals surface area contributed by atoms with Gasteiger partial charge in [-0.15, -0.1) is 0 Å². The van der Waals surface area contributed by atoms with Gasteiger partial charge in [-0.05, 0) is 30.5 Å². The Labute approximate surface area is 141 Å². The molecular formula is C18H23N3O3. The van der Waals surface area contributed by atoms with Gasteiger partial charge in [0, 0.05) is 38.5 Å². The van der Waals surface area contributed by atoms with Crippen LogP contribution in [0, 0.1) is 11.8 Å². The molecule has 4 unspecified atom stereocenters. The third-order valence-electron chi connectivity index (χ3n) is 5.85. The molecule has 0 radical (unpaired) electrons. The lowest BCUT2D eigenvalue weighted by molar-refractivity contribution is 0.0767. The molecule has 1 aromatic rings. The summed E-state index contributed by atoms with van der Waals surface area (Å²) in [6.45, 7) is 3.17. The Bertz CT molecular complexity index is 659. The van der Waals surface area contributed by atoms with E-state index in [9.17, 15) is 0 Å². The summed E-state index contributed by atoms with van der Waals surface area (Å²) in [4.78, 5) is 6.89. The largest absolute Gasteiger partial charge is 0.454 e.